The third-order valence-corrected chi connectivity index (χ3v) is 2.70. The Kier molecular flexibility index (Phi) is 6.31. The molecule has 0 spiro atoms. The van der Waals surface area contributed by atoms with E-state index >= 15 is 0 Å². The van der Waals surface area contributed by atoms with Gasteiger partial charge in [-0.05, 0) is 48.6 Å². The molecule has 0 N–H and O–H groups in total. The first-order chi connectivity index (χ1) is 9.21. The molecule has 0 fully saturated rings. The summed E-state index contributed by atoms with van der Waals surface area (Å²) in [5.74, 6) is 0. The molecule has 0 unspecified atom stereocenters. The first-order valence-electron chi connectivity index (χ1n) is 6.38. The lowest BCUT2D eigenvalue weighted by Gasteiger charge is -2.05. The topological polar surface area (TPSA) is 17.1 Å². The van der Waals surface area contributed by atoms with Gasteiger partial charge in [0.05, 0.1) is 0 Å². The molecule has 1 rings (SSSR count). The van der Waals surface area contributed by atoms with E-state index in [0.717, 1.165) is 35.8 Å². The molecule has 0 aliphatic carbocycles. The highest BCUT2D eigenvalue weighted by Crippen LogP contribution is 2.19. The van der Waals surface area contributed by atoms with Gasteiger partial charge in [0.2, 0.25) is 0 Å². The van der Waals surface area contributed by atoms with E-state index in [9.17, 15) is 4.79 Å². The maximum Gasteiger partial charge on any atom is 0.150 e. The van der Waals surface area contributed by atoms with E-state index in [0.29, 0.717) is 5.56 Å². The van der Waals surface area contributed by atoms with Gasteiger partial charge in [-0.15, -0.1) is 6.58 Å². The van der Waals surface area contributed by atoms with Crippen LogP contribution in [-0.4, -0.2) is 6.29 Å². The van der Waals surface area contributed by atoms with Gasteiger partial charge in [-0.1, -0.05) is 43.0 Å². The van der Waals surface area contributed by atoms with E-state index in [1.165, 1.54) is 0 Å². The smallest absolute Gasteiger partial charge is 0.150 e. The van der Waals surface area contributed by atoms with E-state index in [1.54, 1.807) is 6.08 Å². The Balaban J connectivity index is 3.05. The zero-order valence-corrected chi connectivity index (χ0v) is 11.4. The summed E-state index contributed by atoms with van der Waals surface area (Å²) in [6, 6.07) is 5.84. The van der Waals surface area contributed by atoms with E-state index in [2.05, 4.69) is 31.4 Å². The first kappa shape index (κ1) is 14.9. The Bertz CT molecular complexity index is 518. The highest BCUT2D eigenvalue weighted by atomic mass is 16.1. The number of benzene rings is 1. The van der Waals surface area contributed by atoms with Gasteiger partial charge in [-0.25, -0.2) is 0 Å². The fourth-order valence-corrected chi connectivity index (χ4v) is 1.85. The highest BCUT2D eigenvalue weighted by Gasteiger charge is 2.01. The summed E-state index contributed by atoms with van der Waals surface area (Å²) in [7, 11) is 0. The van der Waals surface area contributed by atoms with Gasteiger partial charge in [-0.3, -0.25) is 4.79 Å². The third kappa shape index (κ3) is 4.92. The van der Waals surface area contributed by atoms with E-state index in [4.69, 9.17) is 0 Å². The summed E-state index contributed by atoms with van der Waals surface area (Å²) < 4.78 is 0. The average Bonchev–Trinajstić information content (AvgIpc) is 2.41. The molecule has 0 bridgehead atoms. The number of carbonyl (C=O) groups is 1. The number of hydrogen-bond donors (Lipinski definition) is 0. The number of aryl methyl sites for hydroxylation is 1. The Hall–Kier alpha value is -2.15. The van der Waals surface area contributed by atoms with Crippen LogP contribution in [0.2, 0.25) is 0 Å². The first-order valence-corrected chi connectivity index (χ1v) is 6.38. The average molecular weight is 252 g/mol. The van der Waals surface area contributed by atoms with Crippen LogP contribution in [0.3, 0.4) is 0 Å². The number of allylic oxidation sites excluding steroid dienone is 6. The van der Waals surface area contributed by atoms with Crippen molar-refractivity contribution in [2.45, 2.75) is 19.8 Å². The van der Waals surface area contributed by atoms with Crippen LogP contribution in [0.25, 0.3) is 5.57 Å². The lowest BCUT2D eigenvalue weighted by atomic mass is 9.99. The molecule has 0 aliphatic heterocycles. The van der Waals surface area contributed by atoms with Crippen molar-refractivity contribution in [2.24, 2.45) is 0 Å². The van der Waals surface area contributed by atoms with Gasteiger partial charge in [0.1, 0.15) is 6.29 Å². The molecule has 0 radical (unpaired) electrons. The Morgan fingerprint density at radius 3 is 2.63 bits per heavy atom. The summed E-state index contributed by atoms with van der Waals surface area (Å²) in [5.41, 5.74) is 3.88. The van der Waals surface area contributed by atoms with Crippen molar-refractivity contribution in [3.63, 3.8) is 0 Å². The molecule has 1 nitrogen and oxygen atoms in total. The van der Waals surface area contributed by atoms with Gasteiger partial charge >= 0.3 is 0 Å². The second-order valence-electron chi connectivity index (χ2n) is 4.38. The lowest BCUT2D eigenvalue weighted by Crippen LogP contribution is -1.88. The van der Waals surface area contributed by atoms with Crippen molar-refractivity contribution in [3.8, 4) is 0 Å². The maximum atomic E-state index is 10.9. The summed E-state index contributed by atoms with van der Waals surface area (Å²) in [6.45, 7) is 9.43. The molecule has 0 saturated heterocycles. The molecular weight excluding hydrogens is 232 g/mol. The second kappa shape index (κ2) is 8.04. The van der Waals surface area contributed by atoms with Gasteiger partial charge in [-0.2, -0.15) is 0 Å². The van der Waals surface area contributed by atoms with E-state index in [1.807, 2.05) is 31.2 Å². The molecule has 98 valence electrons. The monoisotopic (exact) mass is 252 g/mol. The molecule has 0 aromatic heterocycles. The Labute approximate surface area is 115 Å². The van der Waals surface area contributed by atoms with Crippen LogP contribution < -0.4 is 0 Å². The van der Waals surface area contributed by atoms with Crippen molar-refractivity contribution in [1.82, 2.24) is 0 Å². The van der Waals surface area contributed by atoms with Crippen LogP contribution >= 0.6 is 0 Å². The van der Waals surface area contributed by atoms with Crippen molar-refractivity contribution in [1.29, 1.82) is 0 Å². The van der Waals surface area contributed by atoms with Crippen LogP contribution in [0.4, 0.5) is 0 Å². The highest BCUT2D eigenvalue weighted by molar-refractivity contribution is 5.81. The molecule has 0 saturated carbocycles. The molecule has 0 amide bonds. The van der Waals surface area contributed by atoms with Crippen molar-refractivity contribution < 1.29 is 4.79 Å². The summed E-state index contributed by atoms with van der Waals surface area (Å²) >= 11 is 0. The van der Waals surface area contributed by atoms with Gasteiger partial charge in [0, 0.05) is 5.56 Å². The van der Waals surface area contributed by atoms with Crippen LogP contribution in [0.15, 0.2) is 61.7 Å². The predicted octanol–water partition coefficient (Wildman–Crippen LogP) is 4.90. The number of hydrogen-bond acceptors (Lipinski definition) is 1. The summed E-state index contributed by atoms with van der Waals surface area (Å²) in [5, 5.41) is 0. The SMILES string of the molecule is C=C/C=C(\C=C/CCC=C)c1cc(C)cc(C=O)c1. The van der Waals surface area contributed by atoms with Crippen LogP contribution in [0.5, 0.6) is 0 Å². The predicted molar refractivity (Wildman–Crippen MR) is 83.3 cm³/mol. The number of rotatable bonds is 7. The zero-order chi connectivity index (χ0) is 14.1. The number of aldehydes is 1. The zero-order valence-electron chi connectivity index (χ0n) is 11.4. The van der Waals surface area contributed by atoms with Crippen molar-refractivity contribution in [3.05, 3.63) is 78.4 Å². The normalized spacial score (nSPS) is 11.5. The minimum atomic E-state index is 0.699. The van der Waals surface area contributed by atoms with Crippen molar-refractivity contribution >= 4 is 11.9 Å². The summed E-state index contributed by atoms with van der Waals surface area (Å²) in [6.07, 6.45) is 12.6. The van der Waals surface area contributed by atoms with Gasteiger partial charge < -0.3 is 0 Å². The molecule has 1 aromatic carbocycles. The van der Waals surface area contributed by atoms with Crippen LogP contribution in [0, 0.1) is 6.92 Å². The molecule has 1 heteroatoms. The maximum absolute atomic E-state index is 10.9. The lowest BCUT2D eigenvalue weighted by molar-refractivity contribution is 0.112. The summed E-state index contributed by atoms with van der Waals surface area (Å²) in [4.78, 5) is 10.9. The van der Waals surface area contributed by atoms with Crippen molar-refractivity contribution in [2.75, 3.05) is 0 Å². The van der Waals surface area contributed by atoms with Crippen LogP contribution in [0.1, 0.15) is 34.3 Å². The molecule has 0 aliphatic rings. The molecule has 1 aromatic rings. The number of unbranched alkanes of at least 4 members (excludes halogenated alkanes) is 1. The van der Waals surface area contributed by atoms with Gasteiger partial charge in [0.25, 0.3) is 0 Å². The minimum absolute atomic E-state index is 0.699. The van der Waals surface area contributed by atoms with Gasteiger partial charge in [0.15, 0.2) is 0 Å². The van der Waals surface area contributed by atoms with Crippen LogP contribution in [-0.2, 0) is 0 Å². The second-order valence-corrected chi connectivity index (χ2v) is 4.38. The Morgan fingerprint density at radius 1 is 1.21 bits per heavy atom. The molecule has 0 atom stereocenters. The minimum Gasteiger partial charge on any atom is -0.298 e. The standard InChI is InChI=1S/C18H20O/c1-4-6-7-8-10-17(9-5-2)18-12-15(3)11-16(13-18)14-19/h4-5,8-14H,1-2,6-7H2,3H3/b10-8-,17-9+. The quantitative estimate of drug-likeness (QED) is 0.292. The largest absolute Gasteiger partial charge is 0.298 e. The number of carbonyl (C=O) groups excluding carboxylic acids is 1. The van der Waals surface area contributed by atoms with E-state index in [-0.39, 0.29) is 0 Å². The molecule has 19 heavy (non-hydrogen) atoms. The third-order valence-electron chi connectivity index (χ3n) is 2.70. The fourth-order valence-electron chi connectivity index (χ4n) is 1.85. The molecule has 0 heterocycles. The Morgan fingerprint density at radius 2 is 2.00 bits per heavy atom. The van der Waals surface area contributed by atoms with E-state index < -0.39 is 0 Å². The molecular formula is C18H20O. The fraction of sp³-hybridized carbons (Fsp3) is 0.167.